The van der Waals surface area contributed by atoms with Gasteiger partial charge < -0.3 is 4.74 Å². The van der Waals surface area contributed by atoms with Gasteiger partial charge in [0.1, 0.15) is 5.60 Å². The molecule has 6 heteroatoms. The minimum absolute atomic E-state index is 0.186. The van der Waals surface area contributed by atoms with E-state index in [1.807, 2.05) is 39.0 Å². The van der Waals surface area contributed by atoms with Crippen molar-refractivity contribution >= 4 is 11.8 Å². The second-order valence-corrected chi connectivity index (χ2v) is 6.48. The molecule has 2 heterocycles. The highest BCUT2D eigenvalue weighted by Crippen LogP contribution is 2.30. The van der Waals surface area contributed by atoms with Crippen LogP contribution in [-0.4, -0.2) is 27.8 Å². The van der Waals surface area contributed by atoms with Crippen LogP contribution in [0.25, 0.3) is 5.69 Å². The molecule has 1 aliphatic heterocycles. The van der Waals surface area contributed by atoms with E-state index in [1.165, 1.54) is 10.8 Å². The molecule has 1 amide bonds. The molecule has 0 N–H and O–H groups in total. The normalized spacial score (nSPS) is 13.8. The van der Waals surface area contributed by atoms with Crippen molar-refractivity contribution in [3.8, 4) is 5.69 Å². The van der Waals surface area contributed by atoms with E-state index < -0.39 is 5.60 Å². The molecule has 3 rings (SSSR count). The van der Waals surface area contributed by atoms with Gasteiger partial charge in [0, 0.05) is 24.6 Å². The molecule has 2 aromatic rings. The molecule has 0 unspecified atom stereocenters. The first-order valence-electron chi connectivity index (χ1n) is 7.52. The van der Waals surface area contributed by atoms with Gasteiger partial charge in [-0.2, -0.15) is 0 Å². The lowest BCUT2D eigenvalue weighted by Gasteiger charge is -2.24. The zero-order chi connectivity index (χ0) is 16.6. The molecule has 0 radical (unpaired) electrons. The third-order valence-corrected chi connectivity index (χ3v) is 3.57. The third-order valence-electron chi connectivity index (χ3n) is 3.57. The van der Waals surface area contributed by atoms with E-state index >= 15 is 0 Å². The second-order valence-electron chi connectivity index (χ2n) is 6.48. The number of fused-ring (bicyclic) bond motifs is 1. The van der Waals surface area contributed by atoms with Crippen molar-refractivity contribution in [2.24, 2.45) is 0 Å². The number of aromatic nitrogens is 2. The summed E-state index contributed by atoms with van der Waals surface area (Å²) in [6.45, 7) is 6.13. The van der Waals surface area contributed by atoms with Gasteiger partial charge in [-0.25, -0.2) is 4.79 Å². The molecular formula is C17H19N3O3. The zero-order valence-electron chi connectivity index (χ0n) is 13.4. The molecule has 0 atom stereocenters. The molecule has 120 valence electrons. The maximum Gasteiger partial charge on any atom is 0.414 e. The Kier molecular flexibility index (Phi) is 3.67. The molecule has 0 aliphatic carbocycles. The first-order valence-corrected chi connectivity index (χ1v) is 7.52. The van der Waals surface area contributed by atoms with Crippen molar-refractivity contribution in [1.29, 1.82) is 0 Å². The fourth-order valence-corrected chi connectivity index (χ4v) is 2.61. The van der Waals surface area contributed by atoms with Crippen LogP contribution in [-0.2, 0) is 11.2 Å². The SMILES string of the molecule is CC(C)(C)OC(=O)N1CCc2cc(-n3ccncc3=O)ccc21. The Morgan fingerprint density at radius 2 is 2.09 bits per heavy atom. The molecule has 1 aliphatic rings. The summed E-state index contributed by atoms with van der Waals surface area (Å²) in [5.41, 5.74) is 1.92. The summed E-state index contributed by atoms with van der Waals surface area (Å²) in [5, 5.41) is 0. The van der Waals surface area contributed by atoms with Crippen molar-refractivity contribution in [2.45, 2.75) is 32.8 Å². The smallest absolute Gasteiger partial charge is 0.414 e. The molecule has 1 aromatic carbocycles. The topological polar surface area (TPSA) is 64.4 Å². The minimum atomic E-state index is -0.524. The highest BCUT2D eigenvalue weighted by Gasteiger charge is 2.29. The Labute approximate surface area is 134 Å². The van der Waals surface area contributed by atoms with Gasteiger partial charge in [-0.3, -0.25) is 19.2 Å². The summed E-state index contributed by atoms with van der Waals surface area (Å²) in [6, 6.07) is 5.61. The summed E-state index contributed by atoms with van der Waals surface area (Å²) >= 11 is 0. The molecular weight excluding hydrogens is 294 g/mol. The summed E-state index contributed by atoms with van der Waals surface area (Å²) in [6.07, 6.45) is 4.87. The number of hydrogen-bond donors (Lipinski definition) is 0. The van der Waals surface area contributed by atoms with Crippen LogP contribution < -0.4 is 10.5 Å². The van der Waals surface area contributed by atoms with Crippen LogP contribution in [0.15, 0.2) is 41.6 Å². The first-order chi connectivity index (χ1) is 10.8. The van der Waals surface area contributed by atoms with E-state index in [0.29, 0.717) is 6.54 Å². The lowest BCUT2D eigenvalue weighted by atomic mass is 10.1. The maximum absolute atomic E-state index is 12.3. The molecule has 6 nitrogen and oxygen atoms in total. The molecule has 0 saturated carbocycles. The van der Waals surface area contributed by atoms with Crippen molar-refractivity contribution in [2.75, 3.05) is 11.4 Å². The van der Waals surface area contributed by atoms with Gasteiger partial charge >= 0.3 is 6.09 Å². The number of carbonyl (C=O) groups excluding carboxylic acids is 1. The Bertz CT molecular complexity index is 805. The van der Waals surface area contributed by atoms with Gasteiger partial charge in [-0.15, -0.1) is 0 Å². The number of anilines is 1. The lowest BCUT2D eigenvalue weighted by molar-refractivity contribution is 0.0584. The third kappa shape index (κ3) is 3.11. The fourth-order valence-electron chi connectivity index (χ4n) is 2.61. The predicted molar refractivity (Wildman–Crippen MR) is 87.1 cm³/mol. The molecule has 0 bridgehead atoms. The van der Waals surface area contributed by atoms with Crippen LogP contribution in [0.2, 0.25) is 0 Å². The maximum atomic E-state index is 12.3. The van der Waals surface area contributed by atoms with Gasteiger partial charge in [0.15, 0.2) is 0 Å². The highest BCUT2D eigenvalue weighted by molar-refractivity contribution is 5.90. The molecule has 23 heavy (non-hydrogen) atoms. The van der Waals surface area contributed by atoms with Crippen molar-refractivity contribution in [3.05, 3.63) is 52.7 Å². The minimum Gasteiger partial charge on any atom is -0.443 e. The summed E-state index contributed by atoms with van der Waals surface area (Å²) in [7, 11) is 0. The number of hydrogen-bond acceptors (Lipinski definition) is 4. The second kappa shape index (κ2) is 5.53. The highest BCUT2D eigenvalue weighted by atomic mass is 16.6. The van der Waals surface area contributed by atoms with Crippen LogP contribution >= 0.6 is 0 Å². The van der Waals surface area contributed by atoms with E-state index in [4.69, 9.17) is 4.74 Å². The quantitative estimate of drug-likeness (QED) is 0.811. The average Bonchev–Trinajstić information content (AvgIpc) is 2.89. The monoisotopic (exact) mass is 313 g/mol. The van der Waals surface area contributed by atoms with E-state index in [-0.39, 0.29) is 11.7 Å². The van der Waals surface area contributed by atoms with Crippen LogP contribution in [0.5, 0.6) is 0 Å². The summed E-state index contributed by atoms with van der Waals surface area (Å²) in [4.78, 5) is 29.6. The molecule has 0 saturated heterocycles. The standard InChI is InChI=1S/C17H19N3O3/c1-17(2,3)23-16(22)20-8-6-12-10-13(4-5-14(12)20)19-9-7-18-11-15(19)21/h4-5,7,9-11H,6,8H2,1-3H3. The van der Waals surface area contributed by atoms with Crippen LogP contribution in [0.1, 0.15) is 26.3 Å². The number of rotatable bonds is 1. The summed E-state index contributed by atoms with van der Waals surface area (Å²) < 4.78 is 6.97. The van der Waals surface area contributed by atoms with E-state index in [0.717, 1.165) is 23.4 Å². The van der Waals surface area contributed by atoms with Gasteiger partial charge in [-0.05, 0) is 51.0 Å². The van der Waals surface area contributed by atoms with E-state index in [1.54, 1.807) is 17.3 Å². The van der Waals surface area contributed by atoms with Crippen LogP contribution in [0.3, 0.4) is 0 Å². The number of nitrogens with zero attached hydrogens (tertiary/aromatic N) is 3. The van der Waals surface area contributed by atoms with E-state index in [9.17, 15) is 9.59 Å². The Hall–Kier alpha value is -2.63. The van der Waals surface area contributed by atoms with Crippen molar-refractivity contribution in [3.63, 3.8) is 0 Å². The molecule has 0 fully saturated rings. The van der Waals surface area contributed by atoms with Crippen molar-refractivity contribution in [1.82, 2.24) is 9.55 Å². The Morgan fingerprint density at radius 3 is 2.78 bits per heavy atom. The van der Waals surface area contributed by atoms with Gasteiger partial charge in [0.05, 0.1) is 11.9 Å². The van der Waals surface area contributed by atoms with Gasteiger partial charge in [-0.1, -0.05) is 0 Å². The number of ether oxygens (including phenoxy) is 1. The molecule has 1 aromatic heterocycles. The number of amides is 1. The van der Waals surface area contributed by atoms with Crippen molar-refractivity contribution < 1.29 is 9.53 Å². The van der Waals surface area contributed by atoms with Gasteiger partial charge in [0.2, 0.25) is 0 Å². The summed E-state index contributed by atoms with van der Waals surface area (Å²) in [5.74, 6) is 0. The predicted octanol–water partition coefficient (Wildman–Crippen LogP) is 2.53. The first kappa shape index (κ1) is 15.3. The van der Waals surface area contributed by atoms with Crippen LogP contribution in [0.4, 0.5) is 10.5 Å². The number of benzene rings is 1. The molecule has 0 spiro atoms. The van der Waals surface area contributed by atoms with Gasteiger partial charge in [0.25, 0.3) is 5.56 Å². The Balaban J connectivity index is 1.91. The largest absolute Gasteiger partial charge is 0.443 e. The lowest BCUT2D eigenvalue weighted by Crippen LogP contribution is -2.35. The fraction of sp³-hybridized carbons (Fsp3) is 0.353. The zero-order valence-corrected chi connectivity index (χ0v) is 13.4. The van der Waals surface area contributed by atoms with E-state index in [2.05, 4.69) is 4.98 Å². The number of carbonyl (C=O) groups is 1. The Morgan fingerprint density at radius 1 is 1.30 bits per heavy atom. The van der Waals surface area contributed by atoms with Crippen LogP contribution in [0, 0.1) is 0 Å². The average molecular weight is 313 g/mol.